The maximum atomic E-state index is 10.2. The van der Waals surface area contributed by atoms with Gasteiger partial charge in [-0.1, -0.05) is 18.2 Å². The molecule has 1 unspecified atom stereocenters. The fourth-order valence-electron chi connectivity index (χ4n) is 4.95. The summed E-state index contributed by atoms with van der Waals surface area (Å²) in [5.74, 6) is 2.74. The number of anilines is 1. The number of methoxy groups -OCH3 is 4. The van der Waals surface area contributed by atoms with Crippen molar-refractivity contribution in [2.45, 2.75) is 12.3 Å². The van der Waals surface area contributed by atoms with Gasteiger partial charge in [-0.2, -0.15) is 5.26 Å². The lowest BCUT2D eigenvalue weighted by molar-refractivity contribution is 0.341. The van der Waals surface area contributed by atoms with Gasteiger partial charge in [-0.25, -0.2) is 0 Å². The molecule has 3 aromatic rings. The van der Waals surface area contributed by atoms with E-state index in [1.807, 2.05) is 68.4 Å². The summed E-state index contributed by atoms with van der Waals surface area (Å²) in [5.41, 5.74) is 9.65. The van der Waals surface area contributed by atoms with Gasteiger partial charge in [0.25, 0.3) is 0 Å². The summed E-state index contributed by atoms with van der Waals surface area (Å²) < 4.78 is 29.6. The van der Waals surface area contributed by atoms with Crippen molar-refractivity contribution in [3.05, 3.63) is 69.5 Å². The number of halogens is 1. The number of nitriles is 1. The summed E-state index contributed by atoms with van der Waals surface area (Å²) in [6, 6.07) is 15.8. The Morgan fingerprint density at radius 2 is 1.55 bits per heavy atom. The third-order valence-corrected chi connectivity index (χ3v) is 7.49. The third kappa shape index (κ3) is 4.15. The van der Waals surface area contributed by atoms with Crippen molar-refractivity contribution in [3.63, 3.8) is 0 Å². The fraction of sp³-hybridized carbons (Fsp3) is 0.276. The highest BCUT2D eigenvalue weighted by Crippen LogP contribution is 2.54. The molecule has 8 nitrogen and oxygen atoms in total. The Morgan fingerprint density at radius 1 is 0.895 bits per heavy atom. The highest BCUT2D eigenvalue weighted by Gasteiger charge is 2.44. The predicted octanol–water partition coefficient (Wildman–Crippen LogP) is 5.61. The van der Waals surface area contributed by atoms with Crippen LogP contribution in [-0.4, -0.2) is 42.5 Å². The van der Waals surface area contributed by atoms with E-state index >= 15 is 0 Å². The predicted molar refractivity (Wildman–Crippen MR) is 150 cm³/mol. The molecular weight excluding hydrogens is 550 g/mol. The van der Waals surface area contributed by atoms with E-state index in [2.05, 4.69) is 22.0 Å². The van der Waals surface area contributed by atoms with Gasteiger partial charge in [0.05, 0.1) is 38.3 Å². The molecule has 0 fully saturated rings. The summed E-state index contributed by atoms with van der Waals surface area (Å²) in [6.07, 6.45) is 0. The molecule has 3 aromatic carbocycles. The summed E-state index contributed by atoms with van der Waals surface area (Å²) >= 11 is 3.57. The number of allylic oxidation sites excluding steroid dienone is 1. The molecule has 4 rings (SSSR count). The molecule has 0 saturated heterocycles. The van der Waals surface area contributed by atoms with Crippen LogP contribution in [0.4, 0.5) is 5.69 Å². The lowest BCUT2D eigenvalue weighted by Crippen LogP contribution is -2.34. The lowest BCUT2D eigenvalue weighted by atomic mass is 9.69. The summed E-state index contributed by atoms with van der Waals surface area (Å²) in [6.45, 7) is 1.94. The van der Waals surface area contributed by atoms with Crippen LogP contribution in [0, 0.1) is 11.3 Å². The normalized spacial score (nSPS) is 16.2. The average molecular weight is 580 g/mol. The molecule has 1 aliphatic heterocycles. The van der Waals surface area contributed by atoms with Crippen LogP contribution in [0.15, 0.2) is 58.4 Å². The zero-order valence-electron chi connectivity index (χ0n) is 22.4. The van der Waals surface area contributed by atoms with Crippen molar-refractivity contribution in [2.75, 3.05) is 47.4 Å². The van der Waals surface area contributed by atoms with Crippen molar-refractivity contribution in [3.8, 4) is 45.9 Å². The second kappa shape index (κ2) is 10.4. The summed E-state index contributed by atoms with van der Waals surface area (Å²) in [7, 11) is 10.2. The Labute approximate surface area is 231 Å². The molecular formula is C29H30BrN3O5. The largest absolute Gasteiger partial charge is 0.493 e. The van der Waals surface area contributed by atoms with Gasteiger partial charge in [0, 0.05) is 42.5 Å². The average Bonchev–Trinajstić information content (AvgIpc) is 2.91. The Kier molecular flexibility index (Phi) is 7.38. The Balaban J connectivity index is 2.01. The quantitative estimate of drug-likeness (QED) is 0.385. The zero-order valence-corrected chi connectivity index (χ0v) is 24.0. The van der Waals surface area contributed by atoms with E-state index in [1.54, 1.807) is 28.4 Å². The van der Waals surface area contributed by atoms with Crippen LogP contribution in [0.5, 0.6) is 28.7 Å². The van der Waals surface area contributed by atoms with E-state index in [4.69, 9.17) is 29.4 Å². The van der Waals surface area contributed by atoms with Crippen LogP contribution in [0.3, 0.4) is 0 Å². The third-order valence-electron chi connectivity index (χ3n) is 6.90. The van der Waals surface area contributed by atoms with Crippen molar-refractivity contribution >= 4 is 21.6 Å². The molecule has 1 aliphatic rings. The maximum absolute atomic E-state index is 10.2. The molecule has 0 aliphatic carbocycles. The van der Waals surface area contributed by atoms with Crippen LogP contribution in [-0.2, 0) is 5.41 Å². The number of benzene rings is 3. The number of hydrogen-bond acceptors (Lipinski definition) is 8. The van der Waals surface area contributed by atoms with Gasteiger partial charge in [-0.3, -0.25) is 0 Å². The van der Waals surface area contributed by atoms with E-state index in [0.717, 1.165) is 26.9 Å². The first kappa shape index (κ1) is 27.0. The fourth-order valence-corrected chi connectivity index (χ4v) is 5.55. The number of fused-ring (bicyclic) bond motifs is 1. The minimum absolute atomic E-state index is 0.0484. The van der Waals surface area contributed by atoms with E-state index < -0.39 is 5.41 Å². The van der Waals surface area contributed by atoms with Gasteiger partial charge in [0.2, 0.25) is 5.88 Å². The van der Waals surface area contributed by atoms with Crippen molar-refractivity contribution < 1.29 is 23.7 Å². The standard InChI is InChI=1S/C29H30BrN3O5/c1-29(19-10-8-17(33(2)3)14-23(19)38-28(32)21(29)15-31)20-11-9-18(25(35-5)26(20)36-6)16-12-22(30)27(37-7)24(13-16)34-4/h8-14H,32H2,1-7H3. The van der Waals surface area contributed by atoms with Crippen LogP contribution >= 0.6 is 15.9 Å². The highest BCUT2D eigenvalue weighted by molar-refractivity contribution is 9.10. The Hall–Kier alpha value is -4.03. The van der Waals surface area contributed by atoms with Crippen molar-refractivity contribution in [1.29, 1.82) is 5.26 Å². The molecule has 0 bridgehead atoms. The van der Waals surface area contributed by atoms with Gasteiger partial charge >= 0.3 is 0 Å². The molecule has 198 valence electrons. The summed E-state index contributed by atoms with van der Waals surface area (Å²) in [5, 5.41) is 10.2. The van der Waals surface area contributed by atoms with E-state index in [-0.39, 0.29) is 11.5 Å². The molecule has 1 atom stereocenters. The van der Waals surface area contributed by atoms with Gasteiger partial charge in [-0.15, -0.1) is 0 Å². The minimum Gasteiger partial charge on any atom is -0.493 e. The molecule has 1 heterocycles. The molecule has 0 spiro atoms. The molecule has 38 heavy (non-hydrogen) atoms. The molecule has 9 heteroatoms. The van der Waals surface area contributed by atoms with Crippen molar-refractivity contribution in [2.24, 2.45) is 5.73 Å². The number of ether oxygens (including phenoxy) is 5. The van der Waals surface area contributed by atoms with Crippen LogP contribution in [0.25, 0.3) is 11.1 Å². The van der Waals surface area contributed by atoms with Crippen LogP contribution in [0.1, 0.15) is 18.1 Å². The number of nitrogens with two attached hydrogens (primary N) is 1. The van der Waals surface area contributed by atoms with Gasteiger partial charge in [0.1, 0.15) is 17.4 Å². The molecule has 0 amide bonds. The monoisotopic (exact) mass is 579 g/mol. The van der Waals surface area contributed by atoms with Crippen LogP contribution < -0.4 is 34.3 Å². The van der Waals surface area contributed by atoms with Gasteiger partial charge in [0.15, 0.2) is 23.0 Å². The smallest absolute Gasteiger partial charge is 0.205 e. The van der Waals surface area contributed by atoms with E-state index in [0.29, 0.717) is 34.3 Å². The number of rotatable bonds is 7. The first-order valence-electron chi connectivity index (χ1n) is 11.7. The first-order chi connectivity index (χ1) is 18.2. The van der Waals surface area contributed by atoms with E-state index in [1.165, 1.54) is 0 Å². The van der Waals surface area contributed by atoms with E-state index in [9.17, 15) is 5.26 Å². The Bertz CT molecular complexity index is 1480. The lowest BCUT2D eigenvalue weighted by Gasteiger charge is -2.37. The zero-order chi connectivity index (χ0) is 27.8. The molecule has 0 radical (unpaired) electrons. The van der Waals surface area contributed by atoms with Gasteiger partial charge < -0.3 is 34.3 Å². The topological polar surface area (TPSA) is 99.2 Å². The maximum Gasteiger partial charge on any atom is 0.205 e. The van der Waals surface area contributed by atoms with Crippen LogP contribution in [0.2, 0.25) is 0 Å². The van der Waals surface area contributed by atoms with Crippen molar-refractivity contribution in [1.82, 2.24) is 0 Å². The number of hydrogen-bond donors (Lipinski definition) is 1. The second-order valence-corrected chi connectivity index (χ2v) is 9.93. The molecule has 2 N–H and O–H groups in total. The SMILES string of the molecule is COc1cc(-c2ccc(C3(C)C(C#N)=C(N)Oc4cc(N(C)C)ccc43)c(OC)c2OC)cc(Br)c1OC. The van der Waals surface area contributed by atoms with Gasteiger partial charge in [-0.05, 0) is 46.6 Å². The number of nitrogens with zero attached hydrogens (tertiary/aromatic N) is 2. The highest BCUT2D eigenvalue weighted by atomic mass is 79.9. The minimum atomic E-state index is -0.980. The summed E-state index contributed by atoms with van der Waals surface area (Å²) in [4.78, 5) is 1.97. The molecule has 0 saturated carbocycles. The Morgan fingerprint density at radius 3 is 2.13 bits per heavy atom. The second-order valence-electron chi connectivity index (χ2n) is 9.07. The molecule has 0 aromatic heterocycles. The first-order valence-corrected chi connectivity index (χ1v) is 12.5.